The Bertz CT molecular complexity index is 1650. The molecular weight excluding hydrogens is 619 g/mol. The molecule has 45 heavy (non-hydrogen) atoms. The summed E-state index contributed by atoms with van der Waals surface area (Å²) in [5.41, 5.74) is 1.12. The molecule has 13 heteroatoms. The number of aliphatic hydroxyl groups is 1. The first kappa shape index (κ1) is 32.4. The third-order valence-corrected chi connectivity index (χ3v) is 8.56. The van der Waals surface area contributed by atoms with Gasteiger partial charge in [0.2, 0.25) is 5.82 Å². The molecule has 0 unspecified atom stereocenters. The average molecular weight is 647 g/mol. The van der Waals surface area contributed by atoms with Crippen molar-refractivity contribution in [1.82, 2.24) is 5.32 Å². The smallest absolute Gasteiger partial charge is 0.257 e. The molecule has 1 amide bonds. The molecule has 5 rings (SSSR count). The maximum Gasteiger partial charge on any atom is 0.257 e. The van der Waals surface area contributed by atoms with Gasteiger partial charge in [-0.2, -0.15) is 4.73 Å². The monoisotopic (exact) mass is 646 g/mol. The van der Waals surface area contributed by atoms with E-state index in [1.165, 1.54) is 18.0 Å². The van der Waals surface area contributed by atoms with Crippen molar-refractivity contribution in [1.29, 1.82) is 0 Å². The van der Waals surface area contributed by atoms with Crippen LogP contribution in [0.2, 0.25) is 0 Å². The minimum absolute atomic E-state index is 0.104. The fourth-order valence-corrected chi connectivity index (χ4v) is 5.95. The van der Waals surface area contributed by atoms with Gasteiger partial charge in [-0.3, -0.25) is 4.79 Å². The van der Waals surface area contributed by atoms with E-state index in [2.05, 4.69) is 5.32 Å². The Morgan fingerprint density at radius 3 is 2.09 bits per heavy atom. The van der Waals surface area contributed by atoms with Crippen LogP contribution in [0.1, 0.15) is 51.9 Å². The van der Waals surface area contributed by atoms with Crippen molar-refractivity contribution in [3.05, 3.63) is 135 Å². The zero-order valence-electron chi connectivity index (χ0n) is 23.7. The number of halogens is 5. The Labute approximate surface area is 259 Å². The Balaban J connectivity index is 1.32. The number of nitrogens with zero attached hydrogens (tertiary/aromatic N) is 1. The number of ether oxygens (including phenoxy) is 2. The molecule has 2 N–H and O–H groups in total. The molecule has 7 nitrogen and oxygen atoms in total. The van der Waals surface area contributed by atoms with E-state index >= 15 is 0 Å². The van der Waals surface area contributed by atoms with Crippen molar-refractivity contribution in [2.75, 3.05) is 5.75 Å². The van der Waals surface area contributed by atoms with Crippen molar-refractivity contribution in [2.24, 2.45) is 5.92 Å². The Morgan fingerprint density at radius 1 is 0.867 bits per heavy atom. The molecule has 1 saturated heterocycles. The first-order chi connectivity index (χ1) is 21.6. The lowest BCUT2D eigenvalue weighted by Crippen LogP contribution is -2.39. The number of rotatable bonds is 9. The van der Waals surface area contributed by atoms with Crippen LogP contribution in [-0.4, -0.2) is 22.9 Å². The van der Waals surface area contributed by atoms with Gasteiger partial charge in [0.15, 0.2) is 35.8 Å². The summed E-state index contributed by atoms with van der Waals surface area (Å²) in [5, 5.41) is 24.3. The molecule has 2 heterocycles. The number of benzene rings is 3. The lowest BCUT2D eigenvalue weighted by molar-refractivity contribution is -0.645. The molecule has 4 aromatic rings. The molecular formula is C32H27F5N2O5S. The molecule has 0 aliphatic carbocycles. The Hall–Kier alpha value is -4.04. The second-order valence-electron chi connectivity index (χ2n) is 10.4. The molecule has 3 aromatic carbocycles. The first-order valence-corrected chi connectivity index (χ1v) is 14.8. The summed E-state index contributed by atoms with van der Waals surface area (Å²) in [6, 6.07) is 19.0. The number of amides is 1. The highest BCUT2D eigenvalue weighted by molar-refractivity contribution is 7.99. The number of hydrogen-bond acceptors (Lipinski definition) is 6. The largest absolute Gasteiger partial charge is 0.618 e. The van der Waals surface area contributed by atoms with Gasteiger partial charge in [-0.15, -0.1) is 0 Å². The second-order valence-corrected chi connectivity index (χ2v) is 11.4. The van der Waals surface area contributed by atoms with Gasteiger partial charge in [-0.1, -0.05) is 67.2 Å². The van der Waals surface area contributed by atoms with E-state index in [1.54, 1.807) is 54.6 Å². The van der Waals surface area contributed by atoms with Gasteiger partial charge in [0.1, 0.15) is 5.56 Å². The molecule has 0 radical (unpaired) electrons. The summed E-state index contributed by atoms with van der Waals surface area (Å²) in [6.07, 6.45) is -0.173. The van der Waals surface area contributed by atoms with E-state index in [0.717, 1.165) is 15.9 Å². The molecule has 1 aliphatic heterocycles. The normalized spacial score (nSPS) is 19.8. The highest BCUT2D eigenvalue weighted by Crippen LogP contribution is 2.43. The van der Waals surface area contributed by atoms with Gasteiger partial charge < -0.3 is 25.1 Å². The summed E-state index contributed by atoms with van der Waals surface area (Å²) >= 11 is 1.35. The first-order valence-electron chi connectivity index (χ1n) is 13.8. The van der Waals surface area contributed by atoms with E-state index in [1.807, 2.05) is 19.1 Å². The number of pyridine rings is 1. The van der Waals surface area contributed by atoms with Crippen LogP contribution in [0.15, 0.2) is 78.0 Å². The third-order valence-electron chi connectivity index (χ3n) is 7.45. The average Bonchev–Trinajstić information content (AvgIpc) is 3.06. The highest BCUT2D eigenvalue weighted by atomic mass is 32.2. The highest BCUT2D eigenvalue weighted by Gasteiger charge is 2.39. The zero-order valence-corrected chi connectivity index (χ0v) is 24.5. The predicted octanol–water partition coefficient (Wildman–Crippen LogP) is 6.02. The van der Waals surface area contributed by atoms with E-state index < -0.39 is 53.0 Å². The lowest BCUT2D eigenvalue weighted by Gasteiger charge is -2.41. The maximum atomic E-state index is 14.0. The Kier molecular flexibility index (Phi) is 10.0. The third kappa shape index (κ3) is 6.96. The minimum Gasteiger partial charge on any atom is -0.618 e. The van der Waals surface area contributed by atoms with Crippen LogP contribution in [-0.2, 0) is 22.6 Å². The summed E-state index contributed by atoms with van der Waals surface area (Å²) in [7, 11) is 0. The van der Waals surface area contributed by atoms with Crippen LogP contribution in [0.25, 0.3) is 0 Å². The van der Waals surface area contributed by atoms with Gasteiger partial charge in [0.25, 0.3) is 10.9 Å². The van der Waals surface area contributed by atoms with Gasteiger partial charge in [0, 0.05) is 35.9 Å². The standard InChI is InChI=1S/C32H27F5N2O5S/c1-17-22(16-45-23-4-2-3-13-39(23)42)43-32(44-30(17)20-9-7-19(15-40)8-10-20)21-11-5-18(6-12-21)14-38-31(41)24-25(33)27(35)29(37)28(36)26(24)34/h2-13,17,22,30,32,40H,14-16H2,1H3,(H,38,41)/t17-,22+,30+,32+/m1/s1. The molecule has 1 aliphatic rings. The van der Waals surface area contributed by atoms with Crippen molar-refractivity contribution >= 4 is 17.7 Å². The van der Waals surface area contributed by atoms with E-state index in [9.17, 15) is 37.1 Å². The summed E-state index contributed by atoms with van der Waals surface area (Å²) in [6.45, 7) is 1.61. The van der Waals surface area contributed by atoms with Crippen LogP contribution in [0.4, 0.5) is 22.0 Å². The second kappa shape index (κ2) is 13.9. The maximum absolute atomic E-state index is 14.0. The zero-order chi connectivity index (χ0) is 32.2. The number of carbonyl (C=O) groups excluding carboxylic acids is 1. The van der Waals surface area contributed by atoms with Gasteiger partial charge in [-0.25, -0.2) is 22.0 Å². The van der Waals surface area contributed by atoms with Crippen LogP contribution in [0.5, 0.6) is 0 Å². The molecule has 4 atom stereocenters. The number of nitrogens with one attached hydrogen (secondary N) is 1. The predicted molar refractivity (Wildman–Crippen MR) is 153 cm³/mol. The van der Waals surface area contributed by atoms with Crippen molar-refractivity contribution in [3.63, 3.8) is 0 Å². The number of aromatic nitrogens is 1. The number of thioether (sulfide) groups is 1. The SMILES string of the molecule is C[C@@H]1[C@H](CSc2cccc[n+]2[O-])O[C@H](c2ccc(CNC(=O)c3c(F)c(F)c(F)c(F)c3F)cc2)O[C@@H]1c1ccc(CO)cc1. The minimum atomic E-state index is -2.35. The molecule has 0 spiro atoms. The van der Waals surface area contributed by atoms with Gasteiger partial charge in [-0.05, 0) is 22.8 Å². The fourth-order valence-electron chi connectivity index (χ4n) is 4.87. The van der Waals surface area contributed by atoms with Gasteiger partial charge >= 0.3 is 0 Å². The number of hydrogen-bond donors (Lipinski definition) is 2. The summed E-state index contributed by atoms with van der Waals surface area (Å²) in [5.74, 6) is -12.3. The lowest BCUT2D eigenvalue weighted by atomic mass is 9.91. The quantitative estimate of drug-likeness (QED) is 0.0577. The number of carbonyl (C=O) groups is 1. The molecule has 236 valence electrons. The van der Waals surface area contributed by atoms with Crippen molar-refractivity contribution < 1.29 is 46.1 Å². The van der Waals surface area contributed by atoms with Crippen LogP contribution in [0, 0.1) is 40.2 Å². The topological polar surface area (TPSA) is 94.7 Å². The summed E-state index contributed by atoms with van der Waals surface area (Å²) < 4.78 is 82.0. The van der Waals surface area contributed by atoms with E-state index in [0.29, 0.717) is 21.9 Å². The number of aliphatic hydroxyl groups excluding tert-OH is 1. The van der Waals surface area contributed by atoms with Crippen LogP contribution < -0.4 is 10.0 Å². The molecule has 1 fully saturated rings. The van der Waals surface area contributed by atoms with Crippen LogP contribution >= 0.6 is 11.8 Å². The fraction of sp³-hybridized carbons (Fsp3) is 0.250. The molecule has 0 saturated carbocycles. The molecule has 0 bridgehead atoms. The Morgan fingerprint density at radius 2 is 1.47 bits per heavy atom. The van der Waals surface area contributed by atoms with Crippen molar-refractivity contribution in [3.8, 4) is 0 Å². The van der Waals surface area contributed by atoms with Crippen LogP contribution in [0.3, 0.4) is 0 Å². The molecule has 1 aromatic heterocycles. The van der Waals surface area contributed by atoms with Crippen molar-refractivity contribution in [2.45, 2.75) is 43.6 Å². The van der Waals surface area contributed by atoms with E-state index in [4.69, 9.17) is 9.47 Å². The van der Waals surface area contributed by atoms with E-state index in [-0.39, 0.29) is 25.2 Å². The summed E-state index contributed by atoms with van der Waals surface area (Å²) in [4.78, 5) is 12.3. The van der Waals surface area contributed by atoms with Gasteiger partial charge in [0.05, 0.1) is 18.8 Å².